The largest absolute Gasteiger partial charge is 0.627 e. The third-order valence-electron chi connectivity index (χ3n) is 6.37. The normalized spacial score (nSPS) is 17.8. The van der Waals surface area contributed by atoms with Gasteiger partial charge >= 0.3 is 10.1 Å². The molecule has 1 heterocycles. The first-order valence-electron chi connectivity index (χ1n) is 12.2. The van der Waals surface area contributed by atoms with Crippen LogP contribution in [0, 0.1) is 15.3 Å². The van der Waals surface area contributed by atoms with Crippen LogP contribution >= 0.6 is 0 Å². The Balaban J connectivity index is 1.89. The number of benzene rings is 3. The summed E-state index contributed by atoms with van der Waals surface area (Å²) in [6, 6.07) is 12.2. The molecule has 0 saturated heterocycles. The topological polar surface area (TPSA) is 149 Å². The van der Waals surface area contributed by atoms with Gasteiger partial charge in [-0.15, -0.1) is 0 Å². The zero-order valence-electron chi connectivity index (χ0n) is 23.0. The van der Waals surface area contributed by atoms with E-state index < -0.39 is 25.2 Å². The first-order valence-corrected chi connectivity index (χ1v) is 14.0. The van der Waals surface area contributed by atoms with Crippen molar-refractivity contribution in [2.75, 3.05) is 39.4 Å². The SMILES string of the molecule is COc1ccc([N+](=O)[O-])cc1OCc1c(-c2ccc(OS(C)(=O)=O)cc2OC)ccc2c1[N+](C)([O-])CC(C)(C)N2. The van der Waals surface area contributed by atoms with E-state index in [2.05, 4.69) is 5.32 Å². The van der Waals surface area contributed by atoms with Crippen molar-refractivity contribution in [1.82, 2.24) is 4.65 Å². The van der Waals surface area contributed by atoms with E-state index in [0.29, 0.717) is 33.8 Å². The van der Waals surface area contributed by atoms with Crippen molar-refractivity contribution in [3.8, 4) is 34.1 Å². The summed E-state index contributed by atoms with van der Waals surface area (Å²) >= 11 is 0. The number of ether oxygens (including phenoxy) is 3. The van der Waals surface area contributed by atoms with Gasteiger partial charge in [0, 0.05) is 17.7 Å². The number of anilines is 1. The Kier molecular flexibility index (Phi) is 7.58. The van der Waals surface area contributed by atoms with Crippen molar-refractivity contribution in [3.63, 3.8) is 0 Å². The lowest BCUT2D eigenvalue weighted by atomic mass is 9.92. The summed E-state index contributed by atoms with van der Waals surface area (Å²) in [4.78, 5) is 10.8. The number of nitrogens with zero attached hydrogens (tertiary/aromatic N) is 2. The minimum Gasteiger partial charge on any atom is -0.627 e. The standard InChI is InChI=1S/C27H31N3O9S/c1-27(2)16-30(3,33)26-21(15-38-25-13-17(29(31)32)7-12-23(25)36-4)19(10-11-22(26)28-27)20-9-8-18(14-24(20)37-5)39-40(6,34)35/h7-14,28H,15-16H2,1-6H3. The molecule has 1 unspecified atom stereocenters. The molecule has 214 valence electrons. The second-order valence-corrected chi connectivity index (χ2v) is 11.9. The highest BCUT2D eigenvalue weighted by Gasteiger charge is 2.39. The number of nitro groups is 1. The van der Waals surface area contributed by atoms with Crippen LogP contribution in [0.15, 0.2) is 48.5 Å². The molecule has 40 heavy (non-hydrogen) atoms. The molecular weight excluding hydrogens is 542 g/mol. The van der Waals surface area contributed by atoms with Gasteiger partial charge in [0.2, 0.25) is 0 Å². The zero-order valence-corrected chi connectivity index (χ0v) is 23.8. The van der Waals surface area contributed by atoms with Gasteiger partial charge in [0.25, 0.3) is 5.69 Å². The van der Waals surface area contributed by atoms with E-state index >= 15 is 0 Å². The molecule has 1 aliphatic rings. The molecule has 4 rings (SSSR count). The summed E-state index contributed by atoms with van der Waals surface area (Å²) in [5, 5.41) is 28.8. The number of fused-ring (bicyclic) bond motifs is 1. The first-order chi connectivity index (χ1) is 18.6. The van der Waals surface area contributed by atoms with E-state index in [1.54, 1.807) is 19.2 Å². The molecule has 0 fully saturated rings. The van der Waals surface area contributed by atoms with Crippen molar-refractivity contribution >= 4 is 27.2 Å². The maximum Gasteiger partial charge on any atom is 0.306 e. The molecule has 1 N–H and O–H groups in total. The molecule has 1 atom stereocenters. The number of hydrogen-bond donors (Lipinski definition) is 1. The third kappa shape index (κ3) is 6.06. The number of nitrogens with one attached hydrogen (secondary N) is 1. The summed E-state index contributed by atoms with van der Waals surface area (Å²) in [7, 11) is 0.646. The van der Waals surface area contributed by atoms with Crippen LogP contribution in [-0.4, -0.2) is 52.9 Å². The monoisotopic (exact) mass is 573 g/mol. The smallest absolute Gasteiger partial charge is 0.306 e. The molecule has 12 nitrogen and oxygen atoms in total. The fourth-order valence-corrected chi connectivity index (χ4v) is 5.53. The van der Waals surface area contributed by atoms with Crippen LogP contribution in [0.3, 0.4) is 0 Å². The second kappa shape index (κ2) is 10.5. The Morgan fingerprint density at radius 2 is 1.68 bits per heavy atom. The lowest BCUT2D eigenvalue weighted by molar-refractivity contribution is -0.385. The van der Waals surface area contributed by atoms with Gasteiger partial charge < -0.3 is 33.6 Å². The number of non-ortho nitro benzene ring substituents is 1. The molecule has 1 aliphatic heterocycles. The molecule has 0 aliphatic carbocycles. The van der Waals surface area contributed by atoms with Crippen molar-refractivity contribution in [3.05, 3.63) is 69.4 Å². The summed E-state index contributed by atoms with van der Waals surface area (Å²) in [5.41, 5.74) is 2.05. The molecule has 3 aromatic carbocycles. The van der Waals surface area contributed by atoms with E-state index in [-0.39, 0.29) is 36.1 Å². The van der Waals surface area contributed by atoms with E-state index in [9.17, 15) is 23.7 Å². The van der Waals surface area contributed by atoms with E-state index in [0.717, 1.165) is 6.26 Å². The molecule has 0 aromatic heterocycles. The van der Waals surface area contributed by atoms with Gasteiger partial charge in [-0.1, -0.05) is 6.07 Å². The fraction of sp³-hybridized carbons (Fsp3) is 0.333. The molecule has 0 saturated carbocycles. The zero-order chi connectivity index (χ0) is 29.5. The second-order valence-electron chi connectivity index (χ2n) is 10.3. The van der Waals surface area contributed by atoms with Crippen LogP contribution < -0.4 is 28.4 Å². The Morgan fingerprint density at radius 1 is 1.00 bits per heavy atom. The lowest BCUT2D eigenvalue weighted by Crippen LogP contribution is -2.56. The summed E-state index contributed by atoms with van der Waals surface area (Å²) in [6.07, 6.45) is 0.940. The average Bonchev–Trinajstić information content (AvgIpc) is 2.84. The predicted molar refractivity (Wildman–Crippen MR) is 152 cm³/mol. The number of quaternary nitrogens is 1. The van der Waals surface area contributed by atoms with Crippen LogP contribution in [0.5, 0.6) is 23.0 Å². The molecule has 0 bridgehead atoms. The minimum absolute atomic E-state index is 0.0630. The number of nitro benzene ring substituents is 1. The molecule has 3 aromatic rings. The van der Waals surface area contributed by atoms with Crippen molar-refractivity contribution < 1.29 is 31.7 Å². The predicted octanol–water partition coefficient (Wildman–Crippen LogP) is 4.84. The quantitative estimate of drug-likeness (QED) is 0.124. The molecule has 0 spiro atoms. The van der Waals surface area contributed by atoms with Crippen LogP contribution in [0.4, 0.5) is 17.1 Å². The van der Waals surface area contributed by atoms with Gasteiger partial charge in [-0.05, 0) is 43.7 Å². The highest BCUT2D eigenvalue weighted by atomic mass is 32.2. The van der Waals surface area contributed by atoms with Crippen molar-refractivity contribution in [1.29, 1.82) is 0 Å². The van der Waals surface area contributed by atoms with E-state index in [1.165, 1.54) is 44.6 Å². The van der Waals surface area contributed by atoms with Gasteiger partial charge in [0.05, 0.1) is 55.3 Å². The van der Waals surface area contributed by atoms with Crippen LogP contribution in [-0.2, 0) is 16.7 Å². The summed E-state index contributed by atoms with van der Waals surface area (Å²) < 4.78 is 44.6. The van der Waals surface area contributed by atoms with Crippen LogP contribution in [0.2, 0.25) is 0 Å². The number of likely N-dealkylation sites (N-methyl/N-ethyl adjacent to an activating group) is 1. The van der Waals surface area contributed by atoms with Gasteiger partial charge in [-0.25, -0.2) is 0 Å². The number of rotatable bonds is 9. The van der Waals surface area contributed by atoms with Crippen molar-refractivity contribution in [2.45, 2.75) is 26.0 Å². The first kappa shape index (κ1) is 28.9. The van der Waals surface area contributed by atoms with Crippen LogP contribution in [0.1, 0.15) is 19.4 Å². The molecule has 0 amide bonds. The molecule has 0 radical (unpaired) electrons. The number of hydrogen-bond acceptors (Lipinski definition) is 10. The highest BCUT2D eigenvalue weighted by molar-refractivity contribution is 7.86. The van der Waals surface area contributed by atoms with E-state index in [4.69, 9.17) is 18.4 Å². The molecule has 13 heteroatoms. The Bertz CT molecular complexity index is 1570. The lowest BCUT2D eigenvalue weighted by Gasteiger charge is -2.50. The van der Waals surface area contributed by atoms with Crippen LogP contribution in [0.25, 0.3) is 11.1 Å². The Labute approximate surface area is 232 Å². The van der Waals surface area contributed by atoms with Gasteiger partial charge in [0.1, 0.15) is 24.7 Å². The van der Waals surface area contributed by atoms with Crippen molar-refractivity contribution in [2.24, 2.45) is 0 Å². The van der Waals surface area contributed by atoms with Gasteiger partial charge in [0.15, 0.2) is 17.2 Å². The van der Waals surface area contributed by atoms with E-state index in [1.807, 2.05) is 19.9 Å². The number of hydroxylamine groups is 2. The average molecular weight is 574 g/mol. The molecular formula is C27H31N3O9S. The summed E-state index contributed by atoms with van der Waals surface area (Å²) in [6.45, 7) is 3.95. The minimum atomic E-state index is -3.77. The van der Waals surface area contributed by atoms with Gasteiger partial charge in [-0.3, -0.25) is 10.1 Å². The third-order valence-corrected chi connectivity index (χ3v) is 6.86. The Morgan fingerprint density at radius 3 is 2.30 bits per heavy atom. The fourth-order valence-electron chi connectivity index (χ4n) is 5.08. The summed E-state index contributed by atoms with van der Waals surface area (Å²) in [5.74, 6) is 0.788. The highest BCUT2D eigenvalue weighted by Crippen LogP contribution is 2.47. The Hall–Kier alpha value is -4.07. The maximum atomic E-state index is 14.0. The maximum absolute atomic E-state index is 14.0. The number of methoxy groups -OCH3 is 2. The van der Waals surface area contributed by atoms with Gasteiger partial charge in [-0.2, -0.15) is 8.42 Å².